The number of Topliss-reactive ketones (excluding diaryl/α,β-unsaturated/α-hetero) is 2. The van der Waals surface area contributed by atoms with Gasteiger partial charge in [-0.05, 0) is 77.8 Å². The fraction of sp³-hybridized carbons (Fsp3) is 0.111. The Bertz CT molecular complexity index is 2330. The van der Waals surface area contributed by atoms with Gasteiger partial charge in [-0.15, -0.1) is 12.1 Å². The molecule has 243 valence electrons. The van der Waals surface area contributed by atoms with Crippen molar-refractivity contribution in [2.24, 2.45) is 4.99 Å². The molecule has 1 aliphatic rings. The summed E-state index contributed by atoms with van der Waals surface area (Å²) in [6.45, 7) is 0. The van der Waals surface area contributed by atoms with Gasteiger partial charge in [0.05, 0.1) is 17.5 Å². The van der Waals surface area contributed by atoms with Crippen molar-refractivity contribution in [3.05, 3.63) is 135 Å². The van der Waals surface area contributed by atoms with E-state index < -0.39 is 47.4 Å². The Morgan fingerprint density at radius 2 is 1.33 bits per heavy atom. The van der Waals surface area contributed by atoms with Crippen LogP contribution < -0.4 is 10.7 Å². The third-order valence-electron chi connectivity index (χ3n) is 8.62. The van der Waals surface area contributed by atoms with E-state index in [1.54, 1.807) is 72.8 Å². The standard InChI is InChI=1S/C36H25Cl2N4O6.Y/c37-19-11-7-17(8-12-19)35(47)41-25-5-1-3-23-27(25)21(15-39-23)29-31(43)33(45)30(34(46)32(29)44)22-16-40-24-4-2-6-26(28(22)24)42-36(48)18-9-13-20(38)14-10-18;/h1-16,29-31,34,39-40,43,46H,(H,41,47);/q-1;. The van der Waals surface area contributed by atoms with E-state index in [-0.39, 0.29) is 54.8 Å². The molecule has 7 rings (SSSR count). The van der Waals surface area contributed by atoms with Crippen LogP contribution in [0, 0.1) is 0 Å². The van der Waals surface area contributed by atoms with Gasteiger partial charge in [-0.3, -0.25) is 19.2 Å². The molecule has 5 N–H and O–H groups in total. The fourth-order valence-corrected chi connectivity index (χ4v) is 6.56. The zero-order valence-electron chi connectivity index (χ0n) is 25.4. The molecule has 1 fully saturated rings. The number of hydrogen-bond donors (Lipinski definition) is 5. The van der Waals surface area contributed by atoms with Crippen molar-refractivity contribution in [2.75, 3.05) is 5.32 Å². The van der Waals surface area contributed by atoms with E-state index in [1.165, 1.54) is 24.5 Å². The van der Waals surface area contributed by atoms with Crippen LogP contribution in [-0.4, -0.2) is 55.8 Å². The summed E-state index contributed by atoms with van der Waals surface area (Å²) in [4.78, 5) is 64.3. The number of ketones is 2. The van der Waals surface area contributed by atoms with Crippen molar-refractivity contribution in [1.82, 2.24) is 9.97 Å². The summed E-state index contributed by atoms with van der Waals surface area (Å²) in [5.41, 5.74) is 2.47. The third kappa shape index (κ3) is 6.36. The molecule has 4 atom stereocenters. The average Bonchev–Trinajstić information content (AvgIpc) is 3.71. The Balaban J connectivity index is 0.00000417. The second kappa shape index (κ2) is 14.0. The molecule has 0 spiro atoms. The van der Waals surface area contributed by atoms with Gasteiger partial charge in [0.25, 0.3) is 11.8 Å². The molecular weight excluding hydrogens is 744 g/mol. The normalized spacial score (nSPS) is 19.6. The first kappa shape index (κ1) is 34.7. The molecule has 1 radical (unpaired) electrons. The number of aliphatic hydroxyl groups excluding tert-OH is 2. The predicted octanol–water partition coefficient (Wildman–Crippen LogP) is 5.41. The van der Waals surface area contributed by atoms with Crippen molar-refractivity contribution >= 4 is 74.1 Å². The monoisotopic (exact) mass is 768 g/mol. The van der Waals surface area contributed by atoms with E-state index in [0.29, 0.717) is 43.1 Å². The minimum atomic E-state index is -1.84. The number of carbonyl (C=O) groups excluding carboxylic acids is 4. The van der Waals surface area contributed by atoms with Gasteiger partial charge >= 0.3 is 0 Å². The molecule has 0 bridgehead atoms. The zero-order chi connectivity index (χ0) is 33.7. The maximum Gasteiger partial charge on any atom is 0.275 e. The second-order valence-corrected chi connectivity index (χ2v) is 12.3. The number of aromatic nitrogens is 2. The molecule has 49 heavy (non-hydrogen) atoms. The first-order chi connectivity index (χ1) is 23.1. The first-order valence-electron chi connectivity index (χ1n) is 14.8. The first-order valence-corrected chi connectivity index (χ1v) is 15.6. The third-order valence-corrected chi connectivity index (χ3v) is 9.12. The Morgan fingerprint density at radius 3 is 1.96 bits per heavy atom. The van der Waals surface area contributed by atoms with Crippen molar-refractivity contribution in [3.63, 3.8) is 0 Å². The smallest absolute Gasteiger partial charge is 0.275 e. The number of nitrogens with one attached hydrogen (secondary N) is 3. The maximum atomic E-state index is 14.0. The molecule has 13 heteroatoms. The summed E-state index contributed by atoms with van der Waals surface area (Å²) < 4.78 is 0. The molecule has 4 unspecified atom stereocenters. The molecule has 1 aliphatic carbocycles. The molecule has 2 amide bonds. The number of rotatable bonds is 5. The summed E-state index contributed by atoms with van der Waals surface area (Å²) in [5.74, 6) is -5.46. The number of anilines is 1. The van der Waals surface area contributed by atoms with Crippen molar-refractivity contribution in [3.8, 4) is 0 Å². The summed E-state index contributed by atoms with van der Waals surface area (Å²) in [6, 6.07) is 22.5. The average molecular weight is 769 g/mol. The molecular formula is C36H25Cl2N4O6Y-. The minimum absolute atomic E-state index is 0. The van der Waals surface area contributed by atoms with Gasteiger partial charge < -0.3 is 25.5 Å². The van der Waals surface area contributed by atoms with E-state index in [2.05, 4.69) is 20.3 Å². The Morgan fingerprint density at radius 1 is 0.755 bits per heavy atom. The summed E-state index contributed by atoms with van der Waals surface area (Å²) >= 11 is 11.9. The number of aliphatic hydroxyl groups is 2. The van der Waals surface area contributed by atoms with Gasteiger partial charge in [0.1, 0.15) is 12.2 Å². The van der Waals surface area contributed by atoms with E-state index in [9.17, 15) is 29.4 Å². The Hall–Kier alpha value is -4.16. The van der Waals surface area contributed by atoms with Crippen LogP contribution in [0.3, 0.4) is 0 Å². The SMILES string of the molecule is O=C(N=c1cc[cH-]c2[nH]cc(C3C(=O)C(O)C(c4c[nH]c5cccc(NC(=O)c6ccc(Cl)cc6)c45)C(=O)C3O)c12)c1ccc(Cl)cc1.[Y]. The van der Waals surface area contributed by atoms with Gasteiger partial charge in [0.2, 0.25) is 0 Å². The number of hydrogen-bond acceptors (Lipinski definition) is 6. The molecule has 0 aliphatic heterocycles. The Kier molecular flexibility index (Phi) is 9.91. The molecule has 2 heterocycles. The topological polar surface area (TPSA) is 165 Å². The van der Waals surface area contributed by atoms with Crippen LogP contribution in [0.5, 0.6) is 0 Å². The van der Waals surface area contributed by atoms with Gasteiger partial charge in [-0.25, -0.2) is 4.99 Å². The van der Waals surface area contributed by atoms with E-state index in [4.69, 9.17) is 23.2 Å². The number of amides is 2. The molecule has 4 aromatic carbocycles. The van der Waals surface area contributed by atoms with Crippen LogP contribution in [0.1, 0.15) is 43.7 Å². The molecule has 6 aromatic rings. The van der Waals surface area contributed by atoms with Crippen molar-refractivity contribution in [2.45, 2.75) is 24.0 Å². The van der Waals surface area contributed by atoms with Crippen LogP contribution in [0.4, 0.5) is 5.69 Å². The van der Waals surface area contributed by atoms with Crippen LogP contribution in [-0.2, 0) is 42.3 Å². The largest absolute Gasteiger partial charge is 0.384 e. The maximum absolute atomic E-state index is 14.0. The van der Waals surface area contributed by atoms with Crippen LogP contribution >= 0.6 is 23.2 Å². The number of benzene rings is 4. The molecule has 0 saturated heterocycles. The Labute approximate surface area is 313 Å². The number of nitrogens with zero attached hydrogens (tertiary/aromatic N) is 1. The number of fused-ring (bicyclic) bond motifs is 2. The number of aromatic amines is 2. The minimum Gasteiger partial charge on any atom is -0.384 e. The molecule has 10 nitrogen and oxygen atoms in total. The summed E-state index contributed by atoms with van der Waals surface area (Å²) in [6.07, 6.45) is -0.723. The van der Waals surface area contributed by atoms with Gasteiger partial charge in [-0.1, -0.05) is 45.7 Å². The molecule has 2 aromatic heterocycles. The van der Waals surface area contributed by atoms with E-state index in [1.807, 2.05) is 0 Å². The zero-order valence-corrected chi connectivity index (χ0v) is 29.7. The predicted molar refractivity (Wildman–Crippen MR) is 180 cm³/mol. The van der Waals surface area contributed by atoms with Crippen molar-refractivity contribution < 1.29 is 62.1 Å². The number of halogens is 2. The quantitative estimate of drug-likeness (QED) is 0.147. The van der Waals surface area contributed by atoms with Crippen molar-refractivity contribution in [1.29, 1.82) is 0 Å². The summed E-state index contributed by atoms with van der Waals surface area (Å²) in [5, 5.41) is 27.7. The van der Waals surface area contributed by atoms with Gasteiger partial charge in [0.15, 0.2) is 11.6 Å². The van der Waals surface area contributed by atoms with Crippen LogP contribution in [0.25, 0.3) is 21.8 Å². The number of carbonyl (C=O) groups is 4. The van der Waals surface area contributed by atoms with Gasteiger partial charge in [-0.2, -0.15) is 6.07 Å². The number of H-pyrrole nitrogens is 2. The molecule has 1 saturated carbocycles. The van der Waals surface area contributed by atoms with Crippen LogP contribution in [0.15, 0.2) is 102 Å². The van der Waals surface area contributed by atoms with E-state index in [0.717, 1.165) is 0 Å². The second-order valence-electron chi connectivity index (χ2n) is 11.5. The van der Waals surface area contributed by atoms with Crippen LogP contribution in [0.2, 0.25) is 10.0 Å². The fourth-order valence-electron chi connectivity index (χ4n) is 6.31. The van der Waals surface area contributed by atoms with Gasteiger partial charge in [0, 0.05) is 71.0 Å². The summed E-state index contributed by atoms with van der Waals surface area (Å²) in [7, 11) is 0. The van der Waals surface area contributed by atoms with E-state index >= 15 is 0 Å².